The Morgan fingerprint density at radius 3 is 2.73 bits per heavy atom. The summed E-state index contributed by atoms with van der Waals surface area (Å²) in [6.07, 6.45) is 0.516. The maximum atomic E-state index is 12.6. The zero-order chi connectivity index (χ0) is 16.5. The van der Waals surface area contributed by atoms with E-state index in [9.17, 15) is 22.0 Å². The third kappa shape index (κ3) is 3.31. The van der Waals surface area contributed by atoms with Crippen molar-refractivity contribution in [3.8, 4) is 5.75 Å². The van der Waals surface area contributed by atoms with E-state index < -0.39 is 39.3 Å². The number of rotatable bonds is 5. The third-order valence-corrected chi connectivity index (χ3v) is 5.36. The van der Waals surface area contributed by atoms with Gasteiger partial charge in [-0.25, -0.2) is 8.42 Å². The first kappa shape index (κ1) is 16.9. The van der Waals surface area contributed by atoms with Gasteiger partial charge in [-0.05, 0) is 31.0 Å². The number of carboxylic acid groups (broad SMARTS) is 1. The summed E-state index contributed by atoms with van der Waals surface area (Å²) in [7, 11) is -4.32. The molecule has 0 saturated carbocycles. The van der Waals surface area contributed by atoms with E-state index in [0.29, 0.717) is 6.42 Å². The van der Waals surface area contributed by atoms with E-state index in [0.717, 1.165) is 16.4 Å². The van der Waals surface area contributed by atoms with Gasteiger partial charge in [-0.3, -0.25) is 4.79 Å². The largest absolute Gasteiger partial charge is 0.480 e. The van der Waals surface area contributed by atoms with Gasteiger partial charge in [-0.15, -0.1) is 0 Å². The fourth-order valence-electron chi connectivity index (χ4n) is 2.28. The molecule has 0 spiro atoms. The Morgan fingerprint density at radius 1 is 1.45 bits per heavy atom. The van der Waals surface area contributed by atoms with Gasteiger partial charge in [0.1, 0.15) is 16.7 Å². The second-order valence-electron chi connectivity index (χ2n) is 4.58. The monoisotopic (exact) mass is 355 g/mol. The molecule has 0 aromatic heterocycles. The maximum Gasteiger partial charge on any atom is 0.387 e. The van der Waals surface area contributed by atoms with Gasteiger partial charge in [0.25, 0.3) is 0 Å². The molecule has 1 saturated heterocycles. The zero-order valence-electron chi connectivity index (χ0n) is 11.1. The number of sulfonamides is 1. The molecule has 10 heteroatoms. The summed E-state index contributed by atoms with van der Waals surface area (Å²) in [6.45, 7) is -3.23. The smallest absolute Gasteiger partial charge is 0.387 e. The molecule has 2 rings (SSSR count). The lowest BCUT2D eigenvalue weighted by Crippen LogP contribution is -2.40. The standard InChI is InChI=1S/C12H12ClF2NO5S/c13-7-3-4-9(21-12(14)15)10(6-7)22(19,20)16-5-1-2-8(16)11(17)18/h3-4,6,8,12H,1-2,5H2,(H,17,18)/t8-/m0/s1. The van der Waals surface area contributed by atoms with E-state index in [2.05, 4.69) is 4.74 Å². The first-order chi connectivity index (χ1) is 10.2. The molecule has 1 aliphatic heterocycles. The summed E-state index contributed by atoms with van der Waals surface area (Å²) in [5.41, 5.74) is 0. The molecule has 122 valence electrons. The van der Waals surface area contributed by atoms with Crippen molar-refractivity contribution >= 4 is 27.6 Å². The number of hydrogen-bond acceptors (Lipinski definition) is 4. The molecule has 0 unspecified atom stereocenters. The fraction of sp³-hybridized carbons (Fsp3) is 0.417. The van der Waals surface area contributed by atoms with Gasteiger partial charge >= 0.3 is 12.6 Å². The Bertz CT molecular complexity index is 682. The third-order valence-electron chi connectivity index (χ3n) is 3.20. The van der Waals surface area contributed by atoms with Crippen LogP contribution in [0.1, 0.15) is 12.8 Å². The van der Waals surface area contributed by atoms with Gasteiger partial charge in [-0.2, -0.15) is 13.1 Å². The lowest BCUT2D eigenvalue weighted by atomic mass is 10.2. The highest BCUT2D eigenvalue weighted by molar-refractivity contribution is 7.89. The molecule has 1 atom stereocenters. The molecular weight excluding hydrogens is 344 g/mol. The molecule has 0 bridgehead atoms. The Labute approximate surface area is 130 Å². The number of carboxylic acids is 1. The lowest BCUT2D eigenvalue weighted by Gasteiger charge is -2.22. The molecular formula is C12H12ClF2NO5S. The van der Waals surface area contributed by atoms with E-state index in [-0.39, 0.29) is 18.0 Å². The molecule has 1 N–H and O–H groups in total. The Hall–Kier alpha value is -1.45. The van der Waals surface area contributed by atoms with Crippen LogP contribution in [-0.4, -0.2) is 43.0 Å². The van der Waals surface area contributed by atoms with Crippen molar-refractivity contribution in [2.24, 2.45) is 0 Å². The van der Waals surface area contributed by atoms with Gasteiger partial charge in [0, 0.05) is 11.6 Å². The highest BCUT2D eigenvalue weighted by Gasteiger charge is 2.41. The van der Waals surface area contributed by atoms with Crippen molar-refractivity contribution in [1.82, 2.24) is 4.31 Å². The van der Waals surface area contributed by atoms with Crippen LogP contribution in [0, 0.1) is 0 Å². The van der Waals surface area contributed by atoms with Crippen molar-refractivity contribution in [2.45, 2.75) is 30.4 Å². The van der Waals surface area contributed by atoms with Crippen molar-refractivity contribution in [3.05, 3.63) is 23.2 Å². The Morgan fingerprint density at radius 2 is 2.14 bits per heavy atom. The van der Waals surface area contributed by atoms with Gasteiger partial charge in [0.15, 0.2) is 0 Å². The summed E-state index contributed by atoms with van der Waals surface area (Å²) in [4.78, 5) is 10.6. The quantitative estimate of drug-likeness (QED) is 0.875. The average Bonchev–Trinajstić information content (AvgIpc) is 2.90. The number of halogens is 3. The van der Waals surface area contributed by atoms with E-state index in [1.54, 1.807) is 0 Å². The predicted molar refractivity (Wildman–Crippen MR) is 72.6 cm³/mol. The highest BCUT2D eigenvalue weighted by Crippen LogP contribution is 2.34. The van der Waals surface area contributed by atoms with Crippen molar-refractivity contribution in [3.63, 3.8) is 0 Å². The minimum atomic E-state index is -4.32. The number of ether oxygens (including phenoxy) is 1. The van der Waals surface area contributed by atoms with E-state index in [1.807, 2.05) is 0 Å². The average molecular weight is 356 g/mol. The van der Waals surface area contributed by atoms with Crippen LogP contribution < -0.4 is 4.74 Å². The van der Waals surface area contributed by atoms with Crippen LogP contribution in [0.3, 0.4) is 0 Å². The highest BCUT2D eigenvalue weighted by atomic mass is 35.5. The summed E-state index contributed by atoms with van der Waals surface area (Å²) < 4.78 is 55.0. The second-order valence-corrected chi connectivity index (χ2v) is 6.88. The van der Waals surface area contributed by atoms with Crippen LogP contribution in [0.4, 0.5) is 8.78 Å². The normalized spacial score (nSPS) is 19.5. The summed E-state index contributed by atoms with van der Waals surface area (Å²) in [5.74, 6) is -1.87. The van der Waals surface area contributed by atoms with Crippen molar-refractivity contribution in [1.29, 1.82) is 0 Å². The Balaban J connectivity index is 2.49. The lowest BCUT2D eigenvalue weighted by molar-refractivity contribution is -0.140. The predicted octanol–water partition coefficient (Wildman–Crippen LogP) is 2.18. The maximum absolute atomic E-state index is 12.6. The minimum absolute atomic E-state index is 0.00580. The minimum Gasteiger partial charge on any atom is -0.480 e. The zero-order valence-corrected chi connectivity index (χ0v) is 12.7. The number of hydrogen-bond donors (Lipinski definition) is 1. The number of aliphatic carboxylic acids is 1. The van der Waals surface area contributed by atoms with Crippen molar-refractivity contribution in [2.75, 3.05) is 6.54 Å². The summed E-state index contributed by atoms with van der Waals surface area (Å²) in [5, 5.41) is 9.09. The number of nitrogens with zero attached hydrogens (tertiary/aromatic N) is 1. The molecule has 22 heavy (non-hydrogen) atoms. The number of alkyl halides is 2. The van der Waals surface area contributed by atoms with Crippen LogP contribution in [0.15, 0.2) is 23.1 Å². The fourth-order valence-corrected chi connectivity index (χ4v) is 4.31. The Kier molecular flexibility index (Phi) is 4.88. The molecule has 1 aliphatic rings. The molecule has 1 fully saturated rings. The van der Waals surface area contributed by atoms with Gasteiger partial charge in [0.05, 0.1) is 0 Å². The van der Waals surface area contributed by atoms with Crippen LogP contribution in [-0.2, 0) is 14.8 Å². The van der Waals surface area contributed by atoms with Gasteiger partial charge in [-0.1, -0.05) is 11.6 Å². The first-order valence-electron chi connectivity index (χ1n) is 6.22. The number of carbonyl (C=O) groups is 1. The SMILES string of the molecule is O=C(O)[C@@H]1CCCN1S(=O)(=O)c1cc(Cl)ccc1OC(F)F. The van der Waals surface area contributed by atoms with E-state index in [4.69, 9.17) is 16.7 Å². The molecule has 6 nitrogen and oxygen atoms in total. The van der Waals surface area contributed by atoms with Crippen LogP contribution in [0.5, 0.6) is 5.75 Å². The number of benzene rings is 1. The molecule has 1 heterocycles. The van der Waals surface area contributed by atoms with Crippen LogP contribution in [0.2, 0.25) is 5.02 Å². The van der Waals surface area contributed by atoms with Gasteiger partial charge < -0.3 is 9.84 Å². The summed E-state index contributed by atoms with van der Waals surface area (Å²) in [6, 6.07) is 1.94. The molecule has 1 aromatic rings. The topological polar surface area (TPSA) is 83.9 Å². The molecule has 0 radical (unpaired) electrons. The molecule has 0 aliphatic carbocycles. The van der Waals surface area contributed by atoms with Crippen molar-refractivity contribution < 1.29 is 31.8 Å². The van der Waals surface area contributed by atoms with E-state index in [1.165, 1.54) is 6.07 Å². The second kappa shape index (κ2) is 6.35. The van der Waals surface area contributed by atoms with Crippen LogP contribution >= 0.6 is 11.6 Å². The summed E-state index contributed by atoms with van der Waals surface area (Å²) >= 11 is 5.72. The van der Waals surface area contributed by atoms with E-state index >= 15 is 0 Å². The molecule has 1 aromatic carbocycles. The van der Waals surface area contributed by atoms with Crippen LogP contribution in [0.25, 0.3) is 0 Å². The first-order valence-corrected chi connectivity index (χ1v) is 8.04. The molecule has 0 amide bonds. The van der Waals surface area contributed by atoms with Gasteiger partial charge in [0.2, 0.25) is 10.0 Å².